The van der Waals surface area contributed by atoms with Gasteiger partial charge in [-0.1, -0.05) is 204 Å². The van der Waals surface area contributed by atoms with Gasteiger partial charge in [-0.15, -0.1) is 0 Å². The van der Waals surface area contributed by atoms with Crippen molar-refractivity contribution in [3.05, 3.63) is 36.5 Å². The maximum Gasteiger partial charge on any atom is 0.472 e. The van der Waals surface area contributed by atoms with Crippen LogP contribution in [0.3, 0.4) is 0 Å². The highest BCUT2D eigenvalue weighted by molar-refractivity contribution is 7.47. The molecule has 3 atom stereocenters. The molecule has 3 N–H and O–H groups in total. The zero-order valence-corrected chi connectivity index (χ0v) is 40.4. The summed E-state index contributed by atoms with van der Waals surface area (Å²) >= 11 is 0. The lowest BCUT2D eigenvalue weighted by Crippen LogP contribution is -2.45. The van der Waals surface area contributed by atoms with Crippen LogP contribution in [0, 0.1) is 0 Å². The van der Waals surface area contributed by atoms with Crippen molar-refractivity contribution in [2.45, 2.75) is 238 Å². The van der Waals surface area contributed by atoms with Crippen molar-refractivity contribution in [3.63, 3.8) is 0 Å². The lowest BCUT2D eigenvalue weighted by atomic mass is 10.0. The number of aliphatic hydroxyl groups is 1. The Balaban J connectivity index is 4.35. The first-order chi connectivity index (χ1) is 28.5. The Bertz CT molecular complexity index is 1060. The minimum atomic E-state index is -4.34. The zero-order chi connectivity index (χ0) is 43.6. The molecule has 0 aliphatic rings. The molecule has 59 heavy (non-hydrogen) atoms. The van der Waals surface area contributed by atoms with E-state index in [0.29, 0.717) is 17.4 Å². The number of phosphoric ester groups is 1. The number of hydrogen-bond donors (Lipinski definition) is 3. The van der Waals surface area contributed by atoms with Crippen LogP contribution in [-0.4, -0.2) is 73.4 Å². The number of likely N-dealkylation sites (N-methyl/N-ethyl adjacent to an activating group) is 1. The minimum absolute atomic E-state index is 0.0586. The molecule has 0 aliphatic heterocycles. The number of aliphatic hydroxyl groups excluding tert-OH is 1. The Labute approximate surface area is 366 Å². The molecule has 9 heteroatoms. The summed E-state index contributed by atoms with van der Waals surface area (Å²) in [5, 5.41) is 13.9. The molecule has 0 aromatic heterocycles. The van der Waals surface area contributed by atoms with Crippen LogP contribution in [0.15, 0.2) is 36.5 Å². The number of carbonyl (C=O) groups excluding carboxylic acids is 1. The third kappa shape index (κ3) is 44.6. The molecule has 0 fully saturated rings. The predicted molar refractivity (Wildman–Crippen MR) is 254 cm³/mol. The van der Waals surface area contributed by atoms with Gasteiger partial charge in [0.15, 0.2) is 0 Å². The Morgan fingerprint density at radius 2 is 0.966 bits per heavy atom. The summed E-state index contributed by atoms with van der Waals surface area (Å²) in [5.41, 5.74) is 0. The first-order valence-electron chi connectivity index (χ1n) is 24.9. The summed E-state index contributed by atoms with van der Waals surface area (Å²) in [6, 6.07) is -0.853. The van der Waals surface area contributed by atoms with Crippen LogP contribution >= 0.6 is 7.82 Å². The average molecular weight is 854 g/mol. The molecule has 0 saturated heterocycles. The summed E-state index contributed by atoms with van der Waals surface area (Å²) in [7, 11) is 1.56. The SMILES string of the molecule is CCCCCC/C=C\C/C=C\CCCCCCCC(=O)NC(COP(=O)(O)OCC[N+](C)(C)C)C(O)/C=C/CCCCCCCCCCCCCCCCCCCCC. The van der Waals surface area contributed by atoms with Crippen molar-refractivity contribution in [3.8, 4) is 0 Å². The standard InChI is InChI=1S/C50H97N2O6P/c1-6-8-10-12-14-16-18-20-22-24-25-26-27-28-29-31-33-35-37-39-41-43-49(53)48(47-58-59(55,56)57-46-45-52(3,4)5)51-50(54)44-42-40-38-36-34-32-30-23-21-19-17-15-13-11-9-7-2/h17,19,23,30,41,43,48-49,53H,6-16,18,20-22,24-29,31-40,42,44-47H2,1-5H3,(H-,51,54,55,56)/p+1/b19-17-,30-23-,43-41+. The van der Waals surface area contributed by atoms with Crippen molar-refractivity contribution >= 4 is 13.7 Å². The van der Waals surface area contributed by atoms with Gasteiger partial charge in [0.25, 0.3) is 0 Å². The number of rotatable bonds is 45. The molecule has 1 amide bonds. The second kappa shape index (κ2) is 42.0. The maximum absolute atomic E-state index is 12.9. The number of phosphoric acid groups is 1. The Hall–Kier alpha value is -1.28. The molecule has 8 nitrogen and oxygen atoms in total. The summed E-state index contributed by atoms with van der Waals surface area (Å²) in [6.45, 7) is 4.80. The second-order valence-corrected chi connectivity index (χ2v) is 19.6. The van der Waals surface area contributed by atoms with Gasteiger partial charge >= 0.3 is 7.82 Å². The third-order valence-electron chi connectivity index (χ3n) is 11.1. The highest BCUT2D eigenvalue weighted by atomic mass is 31.2. The second-order valence-electron chi connectivity index (χ2n) is 18.2. The smallest absolute Gasteiger partial charge is 0.387 e. The van der Waals surface area contributed by atoms with Gasteiger partial charge in [-0.25, -0.2) is 4.57 Å². The molecule has 0 spiro atoms. The van der Waals surface area contributed by atoms with E-state index in [4.69, 9.17) is 9.05 Å². The quantitative estimate of drug-likeness (QED) is 0.0244. The predicted octanol–water partition coefficient (Wildman–Crippen LogP) is 14.3. The normalized spacial score (nSPS) is 14.5. The average Bonchev–Trinajstić information content (AvgIpc) is 3.19. The Morgan fingerprint density at radius 1 is 0.576 bits per heavy atom. The van der Waals surface area contributed by atoms with E-state index in [2.05, 4.69) is 43.5 Å². The van der Waals surface area contributed by atoms with E-state index in [1.165, 1.54) is 141 Å². The van der Waals surface area contributed by atoms with E-state index in [-0.39, 0.29) is 19.1 Å². The van der Waals surface area contributed by atoms with Crippen LogP contribution in [0.25, 0.3) is 0 Å². The van der Waals surface area contributed by atoms with E-state index < -0.39 is 20.0 Å². The fourth-order valence-corrected chi connectivity index (χ4v) is 7.87. The van der Waals surface area contributed by atoms with Crippen LogP contribution in [0.5, 0.6) is 0 Å². The molecular formula is C50H98N2O6P+. The van der Waals surface area contributed by atoms with E-state index in [0.717, 1.165) is 64.2 Å². The Morgan fingerprint density at radius 3 is 1.41 bits per heavy atom. The molecule has 0 bridgehead atoms. The number of carbonyl (C=O) groups is 1. The molecule has 0 aromatic rings. The minimum Gasteiger partial charge on any atom is -0.387 e. The van der Waals surface area contributed by atoms with Gasteiger partial charge < -0.3 is 19.8 Å². The van der Waals surface area contributed by atoms with Gasteiger partial charge in [-0.2, -0.15) is 0 Å². The number of hydrogen-bond acceptors (Lipinski definition) is 5. The van der Waals surface area contributed by atoms with E-state index in [1.807, 2.05) is 27.2 Å². The van der Waals surface area contributed by atoms with Crippen LogP contribution in [0.1, 0.15) is 226 Å². The highest BCUT2D eigenvalue weighted by Crippen LogP contribution is 2.43. The fraction of sp³-hybridized carbons (Fsp3) is 0.860. The number of quaternary nitrogens is 1. The number of amides is 1. The molecule has 0 aliphatic carbocycles. The number of nitrogens with zero attached hydrogens (tertiary/aromatic N) is 1. The number of allylic oxidation sites excluding steroid dienone is 5. The van der Waals surface area contributed by atoms with Gasteiger partial charge in [0.2, 0.25) is 5.91 Å². The molecular weight excluding hydrogens is 756 g/mol. The molecule has 0 radical (unpaired) electrons. The summed E-state index contributed by atoms with van der Waals surface area (Å²) in [5.74, 6) is -0.190. The molecule has 0 rings (SSSR count). The lowest BCUT2D eigenvalue weighted by Gasteiger charge is -2.25. The maximum atomic E-state index is 12.9. The van der Waals surface area contributed by atoms with Gasteiger partial charge in [0, 0.05) is 6.42 Å². The van der Waals surface area contributed by atoms with Crippen LogP contribution in [-0.2, 0) is 18.4 Å². The molecule has 3 unspecified atom stereocenters. The summed E-state index contributed by atoms with van der Waals surface area (Å²) < 4.78 is 23.6. The van der Waals surface area contributed by atoms with Crippen LogP contribution < -0.4 is 5.32 Å². The van der Waals surface area contributed by atoms with E-state index in [9.17, 15) is 19.4 Å². The van der Waals surface area contributed by atoms with Crippen LogP contribution in [0.2, 0.25) is 0 Å². The zero-order valence-electron chi connectivity index (χ0n) is 39.5. The topological polar surface area (TPSA) is 105 Å². The largest absolute Gasteiger partial charge is 0.472 e. The first-order valence-corrected chi connectivity index (χ1v) is 26.4. The van der Waals surface area contributed by atoms with E-state index in [1.54, 1.807) is 6.08 Å². The van der Waals surface area contributed by atoms with Gasteiger partial charge in [0.1, 0.15) is 13.2 Å². The van der Waals surface area contributed by atoms with Gasteiger partial charge in [-0.05, 0) is 51.4 Å². The Kier molecular flexibility index (Phi) is 41.1. The van der Waals surface area contributed by atoms with Gasteiger partial charge in [0.05, 0.1) is 39.9 Å². The monoisotopic (exact) mass is 854 g/mol. The van der Waals surface area contributed by atoms with Crippen molar-refractivity contribution in [2.75, 3.05) is 40.9 Å². The van der Waals surface area contributed by atoms with Crippen molar-refractivity contribution in [1.82, 2.24) is 5.32 Å². The van der Waals surface area contributed by atoms with E-state index >= 15 is 0 Å². The highest BCUT2D eigenvalue weighted by Gasteiger charge is 2.27. The summed E-state index contributed by atoms with van der Waals surface area (Å²) in [4.78, 5) is 23.2. The molecule has 0 saturated carbocycles. The number of nitrogens with one attached hydrogen (secondary N) is 1. The van der Waals surface area contributed by atoms with Crippen molar-refractivity contribution < 1.29 is 32.9 Å². The number of unbranched alkanes of at least 4 members (excludes halogenated alkanes) is 28. The van der Waals surface area contributed by atoms with Crippen LogP contribution in [0.4, 0.5) is 0 Å². The summed E-state index contributed by atoms with van der Waals surface area (Å²) in [6.07, 6.45) is 52.2. The molecule has 348 valence electrons. The fourth-order valence-electron chi connectivity index (χ4n) is 7.13. The van der Waals surface area contributed by atoms with Crippen molar-refractivity contribution in [2.24, 2.45) is 0 Å². The first kappa shape index (κ1) is 57.7. The molecule has 0 aromatic carbocycles. The van der Waals surface area contributed by atoms with Gasteiger partial charge in [-0.3, -0.25) is 13.8 Å². The lowest BCUT2D eigenvalue weighted by molar-refractivity contribution is -0.870. The third-order valence-corrected chi connectivity index (χ3v) is 12.1. The molecule has 0 heterocycles. The van der Waals surface area contributed by atoms with Crippen molar-refractivity contribution in [1.29, 1.82) is 0 Å².